The van der Waals surface area contributed by atoms with Gasteiger partial charge < -0.3 is 29.3 Å². The zero-order valence-electron chi connectivity index (χ0n) is 26.0. The number of carbonyl (C=O) groups is 1. The van der Waals surface area contributed by atoms with Crippen LogP contribution in [0.1, 0.15) is 18.9 Å². The molecule has 2 unspecified atom stereocenters. The zero-order valence-corrected chi connectivity index (χ0v) is 26.0. The number of piperazine rings is 1. The second-order valence-corrected chi connectivity index (χ2v) is 11.7. The summed E-state index contributed by atoms with van der Waals surface area (Å²) in [6.07, 6.45) is -2.13. The molecule has 6 rings (SSSR count). The van der Waals surface area contributed by atoms with Gasteiger partial charge in [0.15, 0.2) is 12.3 Å². The largest absolute Gasteiger partial charge is 0.483 e. The Labute approximate surface area is 270 Å². The van der Waals surface area contributed by atoms with Crippen molar-refractivity contribution in [3.8, 4) is 29.0 Å². The van der Waals surface area contributed by atoms with Crippen LogP contribution in [0.25, 0.3) is 11.3 Å². The van der Waals surface area contributed by atoms with Crippen LogP contribution in [0.4, 0.5) is 30.6 Å². The minimum Gasteiger partial charge on any atom is -0.483 e. The summed E-state index contributed by atoms with van der Waals surface area (Å²) in [5.41, 5.74) is 1.94. The van der Waals surface area contributed by atoms with Crippen LogP contribution in [0.2, 0.25) is 0 Å². The molecule has 0 saturated carbocycles. The number of hydrogen-bond donors (Lipinski definition) is 1. The van der Waals surface area contributed by atoms with E-state index in [0.29, 0.717) is 29.0 Å². The summed E-state index contributed by atoms with van der Waals surface area (Å²) < 4.78 is 59.7. The van der Waals surface area contributed by atoms with Crippen LogP contribution in [0.15, 0.2) is 42.6 Å². The van der Waals surface area contributed by atoms with Crippen molar-refractivity contribution in [2.24, 2.45) is 0 Å². The van der Waals surface area contributed by atoms with Gasteiger partial charge in [0, 0.05) is 50.9 Å². The smallest absolute Gasteiger partial charge is 0.301 e. The number of nitrogens with one attached hydrogen (secondary N) is 1. The molecule has 47 heavy (non-hydrogen) atoms. The van der Waals surface area contributed by atoms with Crippen LogP contribution >= 0.6 is 0 Å². The van der Waals surface area contributed by atoms with Gasteiger partial charge in [-0.3, -0.25) is 9.69 Å². The number of anilines is 3. The molecule has 0 aliphatic carbocycles. The molecule has 1 amide bonds. The molecule has 0 radical (unpaired) electrons. The molecule has 15 heteroatoms. The molecule has 5 heterocycles. The lowest BCUT2D eigenvalue weighted by Gasteiger charge is -2.43. The number of likely N-dealkylation sites (tertiary alicyclic amines) is 1. The molecule has 248 valence electrons. The van der Waals surface area contributed by atoms with E-state index in [1.165, 1.54) is 12.1 Å². The second-order valence-electron chi connectivity index (χ2n) is 11.7. The predicted octanol–water partition coefficient (Wildman–Crippen LogP) is 3.66. The first-order chi connectivity index (χ1) is 22.6. The van der Waals surface area contributed by atoms with Gasteiger partial charge in [-0.2, -0.15) is 10.2 Å². The molecule has 3 fully saturated rings. The summed E-state index contributed by atoms with van der Waals surface area (Å²) in [5, 5.41) is 12.9. The number of hydrogen-bond acceptors (Lipinski definition) is 11. The summed E-state index contributed by atoms with van der Waals surface area (Å²) in [6, 6.07) is 12.5. The van der Waals surface area contributed by atoms with Gasteiger partial charge in [0.2, 0.25) is 11.8 Å². The maximum atomic E-state index is 14.9. The number of aromatic nitrogens is 3. The Morgan fingerprint density at radius 1 is 1.13 bits per heavy atom. The minimum atomic E-state index is -3.43. The number of halogens is 3. The highest BCUT2D eigenvalue weighted by molar-refractivity contribution is 5.80. The van der Waals surface area contributed by atoms with E-state index in [1.54, 1.807) is 25.4 Å². The molecular weight excluding hydrogens is 617 g/mol. The fraction of sp³-hybridized carbons (Fsp3) is 0.469. The normalized spacial score (nSPS) is 20.6. The van der Waals surface area contributed by atoms with Crippen molar-refractivity contribution in [1.29, 1.82) is 5.26 Å². The second kappa shape index (κ2) is 13.6. The summed E-state index contributed by atoms with van der Waals surface area (Å²) >= 11 is 0. The van der Waals surface area contributed by atoms with Gasteiger partial charge in [0.25, 0.3) is 5.91 Å². The minimum absolute atomic E-state index is 0.0261. The van der Waals surface area contributed by atoms with Crippen LogP contribution < -0.4 is 19.7 Å². The van der Waals surface area contributed by atoms with Gasteiger partial charge in [0.05, 0.1) is 44.2 Å². The maximum Gasteiger partial charge on any atom is 0.301 e. The van der Waals surface area contributed by atoms with Crippen LogP contribution in [0, 0.1) is 11.3 Å². The number of benzene rings is 1. The van der Waals surface area contributed by atoms with E-state index in [0.717, 1.165) is 56.9 Å². The van der Waals surface area contributed by atoms with Gasteiger partial charge in [-0.15, -0.1) is 0 Å². The van der Waals surface area contributed by atoms with Crippen LogP contribution in [0.5, 0.6) is 11.6 Å². The number of nitrogens with zero attached hydrogens (tertiary/aromatic N) is 7. The van der Waals surface area contributed by atoms with E-state index in [4.69, 9.17) is 14.2 Å². The van der Waals surface area contributed by atoms with E-state index in [2.05, 4.69) is 30.1 Å². The van der Waals surface area contributed by atoms with Gasteiger partial charge in [0.1, 0.15) is 23.3 Å². The highest BCUT2D eigenvalue weighted by atomic mass is 19.3. The maximum absolute atomic E-state index is 14.9. The summed E-state index contributed by atoms with van der Waals surface area (Å²) in [4.78, 5) is 30.9. The standard InChI is InChI=1S/C32H35F3N8O4/c1-20(33)30(44)43-10-8-27(32(34,35)19-43)47-26-5-3-21(15-22(26)16-36)24-7-9-37-31(38-24)40-28-6-4-25(29(39-28)45-2)42-13-11-41(12-14-42)23-17-46-18-23/h3-7,9,15,20,23,27H,8,10-14,17-19H2,1-2H3,(H,37,38,39,40). The number of piperidine rings is 1. The molecule has 0 bridgehead atoms. The fourth-order valence-corrected chi connectivity index (χ4v) is 5.89. The average molecular weight is 653 g/mol. The van der Waals surface area contributed by atoms with Crippen LogP contribution in [-0.2, 0) is 9.53 Å². The molecule has 12 nitrogen and oxygen atoms in total. The van der Waals surface area contributed by atoms with Crippen molar-refractivity contribution >= 4 is 23.4 Å². The van der Waals surface area contributed by atoms with E-state index in [-0.39, 0.29) is 30.2 Å². The number of alkyl halides is 3. The van der Waals surface area contributed by atoms with E-state index in [9.17, 15) is 23.2 Å². The Hall–Kier alpha value is -4.68. The Bertz CT molecular complexity index is 1640. The SMILES string of the molecule is COc1nc(Nc2nccc(-c3ccc(OC4CCN(C(=O)C(C)F)CC4(F)F)c(C#N)c3)n2)ccc1N1CCN(C2COC2)CC1. The van der Waals surface area contributed by atoms with Crippen molar-refractivity contribution in [3.63, 3.8) is 0 Å². The Balaban J connectivity index is 1.12. The third kappa shape index (κ3) is 7.03. The van der Waals surface area contributed by atoms with Crippen molar-refractivity contribution in [3.05, 3.63) is 48.2 Å². The van der Waals surface area contributed by atoms with Crippen molar-refractivity contribution in [2.45, 2.75) is 37.6 Å². The lowest BCUT2D eigenvalue weighted by Crippen LogP contribution is -2.56. The molecule has 2 aromatic heterocycles. The van der Waals surface area contributed by atoms with Crippen molar-refractivity contribution in [1.82, 2.24) is 24.8 Å². The highest BCUT2D eigenvalue weighted by Crippen LogP contribution is 2.35. The number of nitriles is 1. The number of carbonyl (C=O) groups excluding carboxylic acids is 1. The molecule has 1 N–H and O–H groups in total. The number of methoxy groups -OCH3 is 1. The predicted molar refractivity (Wildman–Crippen MR) is 166 cm³/mol. The molecular formula is C32H35F3N8O4. The Morgan fingerprint density at radius 3 is 2.57 bits per heavy atom. The van der Waals surface area contributed by atoms with Crippen LogP contribution in [-0.4, -0.2) is 114 Å². The molecule has 0 spiro atoms. The lowest BCUT2D eigenvalue weighted by atomic mass is 10.0. The van der Waals surface area contributed by atoms with Crippen molar-refractivity contribution in [2.75, 3.05) is 69.8 Å². The number of ether oxygens (including phenoxy) is 3. The Kier molecular flexibility index (Phi) is 9.33. The van der Waals surface area contributed by atoms with Gasteiger partial charge in [-0.1, -0.05) is 0 Å². The summed E-state index contributed by atoms with van der Waals surface area (Å²) in [6.45, 7) is 5.14. The quantitative estimate of drug-likeness (QED) is 0.364. The summed E-state index contributed by atoms with van der Waals surface area (Å²) in [7, 11) is 1.58. The number of amides is 1. The van der Waals surface area contributed by atoms with Crippen LogP contribution in [0.3, 0.4) is 0 Å². The summed E-state index contributed by atoms with van der Waals surface area (Å²) in [5.74, 6) is -3.24. The lowest BCUT2D eigenvalue weighted by molar-refractivity contribution is -0.163. The first-order valence-corrected chi connectivity index (χ1v) is 15.4. The average Bonchev–Trinajstić information content (AvgIpc) is 3.05. The van der Waals surface area contributed by atoms with Gasteiger partial charge >= 0.3 is 5.92 Å². The van der Waals surface area contributed by atoms with E-state index >= 15 is 0 Å². The van der Waals surface area contributed by atoms with Gasteiger partial charge in [-0.25, -0.2) is 23.1 Å². The third-order valence-electron chi connectivity index (χ3n) is 8.57. The molecule has 2 atom stereocenters. The van der Waals surface area contributed by atoms with Gasteiger partial charge in [-0.05, 0) is 43.3 Å². The fourth-order valence-electron chi connectivity index (χ4n) is 5.89. The monoisotopic (exact) mass is 652 g/mol. The zero-order chi connectivity index (χ0) is 33.1. The number of pyridine rings is 1. The molecule has 3 aliphatic rings. The number of rotatable bonds is 9. The molecule has 1 aromatic carbocycles. The third-order valence-corrected chi connectivity index (χ3v) is 8.57. The van der Waals surface area contributed by atoms with E-state index < -0.39 is 30.7 Å². The molecule has 3 aromatic rings. The first-order valence-electron chi connectivity index (χ1n) is 15.4. The molecule has 3 aliphatic heterocycles. The van der Waals surface area contributed by atoms with Crippen molar-refractivity contribution < 1.29 is 32.2 Å². The Morgan fingerprint density at radius 2 is 1.91 bits per heavy atom. The topological polar surface area (TPSA) is 129 Å². The molecule has 3 saturated heterocycles. The first kappa shape index (κ1) is 32.3. The highest BCUT2D eigenvalue weighted by Gasteiger charge is 2.48. The van der Waals surface area contributed by atoms with E-state index in [1.807, 2.05) is 18.2 Å².